The molecule has 0 radical (unpaired) electrons. The molecule has 0 bridgehead atoms. The fourth-order valence-corrected chi connectivity index (χ4v) is 3.02. The molecule has 1 atom stereocenters. The predicted octanol–water partition coefficient (Wildman–Crippen LogP) is 0.306. The molecule has 0 saturated carbocycles. The van der Waals surface area contributed by atoms with Crippen LogP contribution in [-0.4, -0.2) is 86.2 Å². The van der Waals surface area contributed by atoms with Crippen molar-refractivity contribution in [3.05, 3.63) is 0 Å². The molecule has 0 aromatic carbocycles. The Kier molecular flexibility index (Phi) is 5.42. The zero-order valence-corrected chi connectivity index (χ0v) is 12.4. The lowest BCUT2D eigenvalue weighted by Gasteiger charge is -2.43. The number of hydrogen-bond donors (Lipinski definition) is 1. The second-order valence-corrected chi connectivity index (χ2v) is 6.13. The van der Waals surface area contributed by atoms with Gasteiger partial charge in [0.15, 0.2) is 0 Å². The summed E-state index contributed by atoms with van der Waals surface area (Å²) in [5, 5.41) is 3.49. The SMILES string of the molecule is CC(C)N1CCN(C)[C@H](CN2CCCNCC2)C1. The molecule has 2 fully saturated rings. The van der Waals surface area contributed by atoms with Gasteiger partial charge in [0.25, 0.3) is 0 Å². The van der Waals surface area contributed by atoms with Crippen LogP contribution in [0.4, 0.5) is 0 Å². The van der Waals surface area contributed by atoms with E-state index in [1.165, 1.54) is 52.2 Å². The third-order valence-electron chi connectivity index (χ3n) is 4.44. The molecule has 2 aliphatic rings. The average Bonchev–Trinajstić information content (AvgIpc) is 2.60. The predicted molar refractivity (Wildman–Crippen MR) is 77.1 cm³/mol. The maximum absolute atomic E-state index is 3.49. The van der Waals surface area contributed by atoms with Crippen molar-refractivity contribution in [1.29, 1.82) is 0 Å². The molecule has 0 aromatic rings. The second-order valence-electron chi connectivity index (χ2n) is 6.13. The molecule has 0 unspecified atom stereocenters. The van der Waals surface area contributed by atoms with Crippen molar-refractivity contribution in [3.63, 3.8) is 0 Å². The van der Waals surface area contributed by atoms with E-state index in [2.05, 4.69) is 40.9 Å². The lowest BCUT2D eigenvalue weighted by molar-refractivity contribution is 0.0540. The molecule has 0 aromatic heterocycles. The molecule has 0 spiro atoms. The van der Waals surface area contributed by atoms with E-state index in [1.54, 1.807) is 0 Å². The van der Waals surface area contributed by atoms with E-state index in [9.17, 15) is 0 Å². The van der Waals surface area contributed by atoms with Crippen LogP contribution >= 0.6 is 0 Å². The van der Waals surface area contributed by atoms with Crippen LogP contribution in [0.15, 0.2) is 0 Å². The van der Waals surface area contributed by atoms with Crippen LogP contribution < -0.4 is 5.32 Å². The average molecular weight is 254 g/mol. The van der Waals surface area contributed by atoms with Gasteiger partial charge in [-0.2, -0.15) is 0 Å². The van der Waals surface area contributed by atoms with Crippen molar-refractivity contribution in [3.8, 4) is 0 Å². The molecule has 0 amide bonds. The maximum Gasteiger partial charge on any atom is 0.0348 e. The summed E-state index contributed by atoms with van der Waals surface area (Å²) in [6.45, 7) is 14.4. The lowest BCUT2D eigenvalue weighted by atomic mass is 10.1. The van der Waals surface area contributed by atoms with Gasteiger partial charge < -0.3 is 10.2 Å². The van der Waals surface area contributed by atoms with E-state index in [4.69, 9.17) is 0 Å². The van der Waals surface area contributed by atoms with Crippen molar-refractivity contribution in [2.75, 3.05) is 59.4 Å². The van der Waals surface area contributed by atoms with Crippen molar-refractivity contribution in [2.45, 2.75) is 32.4 Å². The highest BCUT2D eigenvalue weighted by Crippen LogP contribution is 2.12. The van der Waals surface area contributed by atoms with Crippen molar-refractivity contribution < 1.29 is 0 Å². The number of nitrogens with zero attached hydrogens (tertiary/aromatic N) is 3. The van der Waals surface area contributed by atoms with Gasteiger partial charge in [0.1, 0.15) is 0 Å². The normalized spacial score (nSPS) is 29.7. The topological polar surface area (TPSA) is 21.8 Å². The van der Waals surface area contributed by atoms with Crippen molar-refractivity contribution in [2.24, 2.45) is 0 Å². The van der Waals surface area contributed by atoms with E-state index in [-0.39, 0.29) is 0 Å². The Morgan fingerprint density at radius 1 is 1.11 bits per heavy atom. The van der Waals surface area contributed by atoms with E-state index < -0.39 is 0 Å². The highest BCUT2D eigenvalue weighted by molar-refractivity contribution is 4.84. The van der Waals surface area contributed by atoms with Gasteiger partial charge in [0.05, 0.1) is 0 Å². The van der Waals surface area contributed by atoms with Crippen LogP contribution in [0.1, 0.15) is 20.3 Å². The molecule has 18 heavy (non-hydrogen) atoms. The van der Waals surface area contributed by atoms with Gasteiger partial charge in [0, 0.05) is 51.4 Å². The van der Waals surface area contributed by atoms with Crippen LogP contribution in [0.3, 0.4) is 0 Å². The summed E-state index contributed by atoms with van der Waals surface area (Å²) in [6, 6.07) is 1.39. The van der Waals surface area contributed by atoms with Crippen LogP contribution in [0.2, 0.25) is 0 Å². The minimum Gasteiger partial charge on any atom is -0.315 e. The summed E-state index contributed by atoms with van der Waals surface area (Å²) in [4.78, 5) is 7.82. The zero-order chi connectivity index (χ0) is 13.0. The van der Waals surface area contributed by atoms with Gasteiger partial charge in [-0.1, -0.05) is 0 Å². The Hall–Kier alpha value is -0.160. The molecule has 2 rings (SSSR count). The third-order valence-corrected chi connectivity index (χ3v) is 4.44. The molecule has 4 heteroatoms. The summed E-state index contributed by atoms with van der Waals surface area (Å²) in [6.07, 6.45) is 1.30. The van der Waals surface area contributed by atoms with Crippen molar-refractivity contribution in [1.82, 2.24) is 20.0 Å². The highest BCUT2D eigenvalue weighted by Gasteiger charge is 2.27. The van der Waals surface area contributed by atoms with Gasteiger partial charge in [-0.05, 0) is 40.4 Å². The number of rotatable bonds is 3. The number of piperazine rings is 1. The second kappa shape index (κ2) is 6.85. The summed E-state index contributed by atoms with van der Waals surface area (Å²) < 4.78 is 0. The van der Waals surface area contributed by atoms with Crippen LogP contribution in [0, 0.1) is 0 Å². The molecule has 2 aliphatic heterocycles. The standard InChI is InChI=1S/C14H30N4/c1-13(2)18-10-9-16(3)14(12-18)11-17-7-4-5-15-6-8-17/h13-15H,4-12H2,1-3H3/t14-/m1/s1. The van der Waals surface area contributed by atoms with Crippen LogP contribution in [-0.2, 0) is 0 Å². The Bertz CT molecular complexity index is 236. The monoisotopic (exact) mass is 254 g/mol. The molecule has 1 N–H and O–H groups in total. The molecule has 2 heterocycles. The summed E-state index contributed by atoms with van der Waals surface area (Å²) in [7, 11) is 2.29. The number of nitrogens with one attached hydrogen (secondary N) is 1. The molecule has 106 valence electrons. The minimum atomic E-state index is 0.687. The first-order chi connectivity index (χ1) is 8.66. The smallest absolute Gasteiger partial charge is 0.0348 e. The zero-order valence-electron chi connectivity index (χ0n) is 12.4. The molecular weight excluding hydrogens is 224 g/mol. The van der Waals surface area contributed by atoms with E-state index in [0.29, 0.717) is 12.1 Å². The van der Waals surface area contributed by atoms with Crippen LogP contribution in [0.25, 0.3) is 0 Å². The van der Waals surface area contributed by atoms with Crippen molar-refractivity contribution >= 4 is 0 Å². The Morgan fingerprint density at radius 3 is 2.72 bits per heavy atom. The fraction of sp³-hybridized carbons (Fsp3) is 1.00. The largest absolute Gasteiger partial charge is 0.315 e. The lowest BCUT2D eigenvalue weighted by Crippen LogP contribution is -2.57. The minimum absolute atomic E-state index is 0.687. The van der Waals surface area contributed by atoms with Crippen LogP contribution in [0.5, 0.6) is 0 Å². The molecule has 4 nitrogen and oxygen atoms in total. The van der Waals surface area contributed by atoms with E-state index in [1.807, 2.05) is 0 Å². The number of hydrogen-bond acceptors (Lipinski definition) is 4. The summed E-state index contributed by atoms with van der Waals surface area (Å²) >= 11 is 0. The maximum atomic E-state index is 3.49. The number of likely N-dealkylation sites (N-methyl/N-ethyl adjacent to an activating group) is 1. The summed E-state index contributed by atoms with van der Waals surface area (Å²) in [5.74, 6) is 0. The Morgan fingerprint density at radius 2 is 1.94 bits per heavy atom. The molecular formula is C14H30N4. The first-order valence-electron chi connectivity index (χ1n) is 7.54. The molecule has 0 aliphatic carbocycles. The fourth-order valence-electron chi connectivity index (χ4n) is 3.02. The Balaban J connectivity index is 1.85. The first-order valence-corrected chi connectivity index (χ1v) is 7.54. The van der Waals surface area contributed by atoms with Gasteiger partial charge in [0.2, 0.25) is 0 Å². The van der Waals surface area contributed by atoms with E-state index in [0.717, 1.165) is 6.54 Å². The van der Waals surface area contributed by atoms with Gasteiger partial charge >= 0.3 is 0 Å². The quantitative estimate of drug-likeness (QED) is 0.782. The van der Waals surface area contributed by atoms with E-state index >= 15 is 0 Å². The first kappa shape index (κ1) is 14.3. The van der Waals surface area contributed by atoms with Gasteiger partial charge in [-0.3, -0.25) is 9.80 Å². The Labute approximate surface area is 112 Å². The van der Waals surface area contributed by atoms with Gasteiger partial charge in [-0.25, -0.2) is 0 Å². The highest BCUT2D eigenvalue weighted by atomic mass is 15.3. The molecule has 2 saturated heterocycles. The third kappa shape index (κ3) is 3.92. The van der Waals surface area contributed by atoms with Gasteiger partial charge in [-0.15, -0.1) is 0 Å². The summed E-state index contributed by atoms with van der Waals surface area (Å²) in [5.41, 5.74) is 0.